The molecule has 0 radical (unpaired) electrons. The van der Waals surface area contributed by atoms with E-state index in [1.807, 2.05) is 0 Å². The van der Waals surface area contributed by atoms with Gasteiger partial charge in [0.25, 0.3) is 0 Å². The summed E-state index contributed by atoms with van der Waals surface area (Å²) in [5.74, 6) is -0.903. The van der Waals surface area contributed by atoms with Crippen LogP contribution in [0.15, 0.2) is 12.1 Å². The summed E-state index contributed by atoms with van der Waals surface area (Å²) in [5.41, 5.74) is 0.0949. The van der Waals surface area contributed by atoms with Crippen molar-refractivity contribution >= 4 is 17.6 Å². The quantitative estimate of drug-likeness (QED) is 0.783. The molecule has 0 fully saturated rings. The van der Waals surface area contributed by atoms with Crippen LogP contribution in [0.2, 0.25) is 5.02 Å². The van der Waals surface area contributed by atoms with Crippen molar-refractivity contribution in [3.63, 3.8) is 0 Å². The lowest BCUT2D eigenvalue weighted by Crippen LogP contribution is -2.06. The van der Waals surface area contributed by atoms with Gasteiger partial charge in [0.2, 0.25) is 0 Å². The fraction of sp³-hybridized carbons (Fsp3) is 0.200. The molecule has 0 saturated carbocycles. The molecule has 0 spiro atoms. The molecule has 0 aromatic heterocycles. The van der Waals surface area contributed by atoms with Crippen LogP contribution in [0.1, 0.15) is 22.8 Å². The molecule has 0 unspecified atom stereocenters. The summed E-state index contributed by atoms with van der Waals surface area (Å²) in [6, 6.07) is 4.16. The van der Waals surface area contributed by atoms with Crippen LogP contribution >= 0.6 is 11.6 Å². The lowest BCUT2D eigenvalue weighted by molar-refractivity contribution is 0.0525. The highest BCUT2D eigenvalue weighted by atomic mass is 35.5. The van der Waals surface area contributed by atoms with Crippen molar-refractivity contribution < 1.29 is 14.6 Å². The summed E-state index contributed by atoms with van der Waals surface area (Å²) in [4.78, 5) is 11.4. The van der Waals surface area contributed by atoms with E-state index in [1.165, 1.54) is 6.07 Å². The average molecular weight is 226 g/mol. The van der Waals surface area contributed by atoms with Crippen LogP contribution in [-0.4, -0.2) is 17.7 Å². The number of phenolic OH excluding ortho intramolecular Hbond substituents is 1. The molecule has 4 nitrogen and oxygen atoms in total. The Balaban J connectivity index is 3.23. The minimum Gasteiger partial charge on any atom is -0.506 e. The van der Waals surface area contributed by atoms with Crippen LogP contribution < -0.4 is 0 Å². The summed E-state index contributed by atoms with van der Waals surface area (Å²) >= 11 is 5.59. The van der Waals surface area contributed by atoms with Crippen molar-refractivity contribution in [1.82, 2.24) is 0 Å². The zero-order chi connectivity index (χ0) is 11.4. The van der Waals surface area contributed by atoms with Crippen molar-refractivity contribution in [2.24, 2.45) is 0 Å². The van der Waals surface area contributed by atoms with E-state index in [1.54, 1.807) is 13.0 Å². The van der Waals surface area contributed by atoms with Gasteiger partial charge in [-0.15, -0.1) is 0 Å². The first-order valence-corrected chi connectivity index (χ1v) is 4.57. The predicted octanol–water partition coefficient (Wildman–Crippen LogP) is 2.09. The second-order valence-corrected chi connectivity index (χ2v) is 3.09. The van der Waals surface area contributed by atoms with E-state index >= 15 is 0 Å². The Morgan fingerprint density at radius 1 is 1.67 bits per heavy atom. The number of rotatable bonds is 2. The Hall–Kier alpha value is -1.73. The fourth-order valence-electron chi connectivity index (χ4n) is 1.03. The zero-order valence-electron chi connectivity index (χ0n) is 7.95. The van der Waals surface area contributed by atoms with Gasteiger partial charge in [0, 0.05) is 0 Å². The number of benzene rings is 1. The number of ether oxygens (including phenoxy) is 1. The molecule has 1 aromatic rings. The molecule has 0 heterocycles. The molecule has 1 N–H and O–H groups in total. The van der Waals surface area contributed by atoms with Gasteiger partial charge in [0.1, 0.15) is 11.8 Å². The first kappa shape index (κ1) is 11.3. The molecule has 0 aliphatic heterocycles. The maximum atomic E-state index is 11.4. The topological polar surface area (TPSA) is 70.3 Å². The molecule has 1 aromatic carbocycles. The number of carbonyl (C=O) groups is 1. The third-order valence-electron chi connectivity index (χ3n) is 1.70. The monoisotopic (exact) mass is 225 g/mol. The number of hydrogen-bond donors (Lipinski definition) is 1. The van der Waals surface area contributed by atoms with Crippen LogP contribution in [-0.2, 0) is 4.74 Å². The Morgan fingerprint density at radius 2 is 2.33 bits per heavy atom. The van der Waals surface area contributed by atoms with Crippen molar-refractivity contribution in [3.8, 4) is 11.8 Å². The van der Waals surface area contributed by atoms with Crippen LogP contribution in [0.4, 0.5) is 0 Å². The third kappa shape index (κ3) is 2.39. The van der Waals surface area contributed by atoms with Crippen LogP contribution in [0.5, 0.6) is 5.75 Å². The van der Waals surface area contributed by atoms with Crippen LogP contribution in [0.3, 0.4) is 0 Å². The number of halogens is 1. The number of nitrogens with zero attached hydrogens (tertiary/aromatic N) is 1. The number of esters is 1. The highest BCUT2D eigenvalue weighted by Gasteiger charge is 2.15. The molecule has 15 heavy (non-hydrogen) atoms. The van der Waals surface area contributed by atoms with Gasteiger partial charge in [0.05, 0.1) is 22.8 Å². The Bertz CT molecular complexity index is 437. The minimum atomic E-state index is -0.652. The molecule has 0 bridgehead atoms. The molecule has 0 amide bonds. The molecular weight excluding hydrogens is 218 g/mol. The van der Waals surface area contributed by atoms with Gasteiger partial charge in [0.15, 0.2) is 0 Å². The van der Waals surface area contributed by atoms with Crippen molar-refractivity contribution in [2.75, 3.05) is 6.61 Å². The standard InChI is InChI=1S/C10H8ClNO3/c1-2-15-10(14)7-4-9(13)8(11)3-6(7)5-12/h3-4,13H,2H2,1H3. The normalized spacial score (nSPS) is 9.40. The number of aromatic hydroxyl groups is 1. The first-order chi connectivity index (χ1) is 7.10. The summed E-state index contributed by atoms with van der Waals surface area (Å²) in [6.45, 7) is 1.85. The highest BCUT2D eigenvalue weighted by molar-refractivity contribution is 6.32. The van der Waals surface area contributed by atoms with E-state index < -0.39 is 5.97 Å². The Labute approximate surface area is 91.7 Å². The first-order valence-electron chi connectivity index (χ1n) is 4.19. The summed E-state index contributed by atoms with van der Waals surface area (Å²) in [6.07, 6.45) is 0. The van der Waals surface area contributed by atoms with E-state index in [0.717, 1.165) is 6.07 Å². The van der Waals surface area contributed by atoms with Gasteiger partial charge in [-0.2, -0.15) is 5.26 Å². The smallest absolute Gasteiger partial charge is 0.339 e. The largest absolute Gasteiger partial charge is 0.506 e. The van der Waals surface area contributed by atoms with Gasteiger partial charge in [-0.25, -0.2) is 4.79 Å². The van der Waals surface area contributed by atoms with E-state index in [0.29, 0.717) is 0 Å². The average Bonchev–Trinajstić information content (AvgIpc) is 2.21. The third-order valence-corrected chi connectivity index (χ3v) is 2.01. The minimum absolute atomic E-state index is 0.0150. The number of carbonyl (C=O) groups excluding carboxylic acids is 1. The molecule has 5 heteroatoms. The van der Waals surface area contributed by atoms with E-state index in [2.05, 4.69) is 0 Å². The Morgan fingerprint density at radius 3 is 2.87 bits per heavy atom. The Kier molecular flexibility index (Phi) is 3.53. The van der Waals surface area contributed by atoms with Crippen LogP contribution in [0.25, 0.3) is 0 Å². The summed E-state index contributed by atoms with van der Waals surface area (Å²) in [5, 5.41) is 18.1. The molecule has 0 aliphatic carbocycles. The van der Waals surface area contributed by atoms with Crippen molar-refractivity contribution in [3.05, 3.63) is 28.3 Å². The number of nitriles is 1. The van der Waals surface area contributed by atoms with Gasteiger partial charge < -0.3 is 9.84 Å². The molecule has 78 valence electrons. The van der Waals surface area contributed by atoms with E-state index in [9.17, 15) is 9.90 Å². The zero-order valence-corrected chi connectivity index (χ0v) is 8.71. The summed E-state index contributed by atoms with van der Waals surface area (Å²) in [7, 11) is 0. The SMILES string of the molecule is CCOC(=O)c1cc(O)c(Cl)cc1C#N. The molecule has 0 aliphatic rings. The second kappa shape index (κ2) is 4.67. The van der Waals surface area contributed by atoms with Gasteiger partial charge in [-0.05, 0) is 19.1 Å². The van der Waals surface area contributed by atoms with E-state index in [4.69, 9.17) is 21.6 Å². The maximum absolute atomic E-state index is 11.4. The lowest BCUT2D eigenvalue weighted by Gasteiger charge is -2.05. The molecule has 0 atom stereocenters. The molecular formula is C10H8ClNO3. The maximum Gasteiger partial charge on any atom is 0.339 e. The van der Waals surface area contributed by atoms with Gasteiger partial charge >= 0.3 is 5.97 Å². The predicted molar refractivity (Wildman–Crippen MR) is 53.8 cm³/mol. The van der Waals surface area contributed by atoms with E-state index in [-0.39, 0.29) is 28.5 Å². The lowest BCUT2D eigenvalue weighted by atomic mass is 10.1. The second-order valence-electron chi connectivity index (χ2n) is 2.68. The van der Waals surface area contributed by atoms with Crippen molar-refractivity contribution in [2.45, 2.75) is 6.92 Å². The summed E-state index contributed by atoms with van der Waals surface area (Å²) < 4.78 is 4.72. The molecule has 1 rings (SSSR count). The fourth-order valence-corrected chi connectivity index (χ4v) is 1.20. The number of phenols is 1. The highest BCUT2D eigenvalue weighted by Crippen LogP contribution is 2.27. The van der Waals surface area contributed by atoms with Gasteiger partial charge in [-0.1, -0.05) is 11.6 Å². The van der Waals surface area contributed by atoms with Gasteiger partial charge in [-0.3, -0.25) is 0 Å². The van der Waals surface area contributed by atoms with Crippen molar-refractivity contribution in [1.29, 1.82) is 5.26 Å². The van der Waals surface area contributed by atoms with Crippen LogP contribution in [0, 0.1) is 11.3 Å². The molecule has 0 saturated heterocycles. The number of hydrogen-bond acceptors (Lipinski definition) is 4.